The predicted molar refractivity (Wildman–Crippen MR) is 106 cm³/mol. The van der Waals surface area contributed by atoms with Gasteiger partial charge < -0.3 is 10.1 Å². The first-order valence-corrected chi connectivity index (χ1v) is 9.22. The van der Waals surface area contributed by atoms with E-state index in [9.17, 15) is 4.79 Å². The van der Waals surface area contributed by atoms with E-state index in [1.54, 1.807) is 6.07 Å². The molecule has 0 saturated carbocycles. The molecule has 1 atom stereocenters. The molecule has 3 aromatic rings. The van der Waals surface area contributed by atoms with Crippen LogP contribution in [0.3, 0.4) is 0 Å². The number of hydrogen-bond donors (Lipinski definition) is 2. The second-order valence-electron chi connectivity index (χ2n) is 6.68. The van der Waals surface area contributed by atoms with Crippen LogP contribution >= 0.6 is 0 Å². The highest BCUT2D eigenvalue weighted by Crippen LogP contribution is 2.25. The van der Waals surface area contributed by atoms with Gasteiger partial charge in [0.15, 0.2) is 0 Å². The summed E-state index contributed by atoms with van der Waals surface area (Å²) in [4.78, 5) is 12.8. The average molecular weight is 363 g/mol. The summed E-state index contributed by atoms with van der Waals surface area (Å²) in [6.45, 7) is 6.69. The van der Waals surface area contributed by atoms with Crippen LogP contribution in [0.15, 0.2) is 60.7 Å². The van der Waals surface area contributed by atoms with Crippen LogP contribution in [0.5, 0.6) is 5.75 Å². The lowest BCUT2D eigenvalue weighted by molar-refractivity contribution is 0.0938. The predicted octanol–water partition coefficient (Wildman–Crippen LogP) is 4.45. The van der Waals surface area contributed by atoms with Crippen LogP contribution in [-0.2, 0) is 0 Å². The smallest absolute Gasteiger partial charge is 0.272 e. The van der Waals surface area contributed by atoms with Crippen LogP contribution in [0, 0.1) is 0 Å². The summed E-state index contributed by atoms with van der Waals surface area (Å²) in [6.07, 6.45) is 0. The zero-order chi connectivity index (χ0) is 19.2. The Hall–Kier alpha value is -3.08. The van der Waals surface area contributed by atoms with Crippen molar-refractivity contribution in [3.8, 4) is 5.75 Å². The second-order valence-corrected chi connectivity index (χ2v) is 6.68. The fraction of sp³-hybridized carbons (Fsp3) is 0.273. The number of benzene rings is 2. The number of aromatic nitrogens is 2. The van der Waals surface area contributed by atoms with Crippen LogP contribution in [-0.4, -0.2) is 22.7 Å². The van der Waals surface area contributed by atoms with Gasteiger partial charge in [0.1, 0.15) is 11.4 Å². The molecule has 0 aliphatic heterocycles. The number of carbonyl (C=O) groups is 1. The summed E-state index contributed by atoms with van der Waals surface area (Å²) in [5.41, 5.74) is 3.33. The molecule has 1 aromatic heterocycles. The number of hydrogen-bond acceptors (Lipinski definition) is 3. The maximum atomic E-state index is 12.8. The molecule has 1 heterocycles. The van der Waals surface area contributed by atoms with Gasteiger partial charge >= 0.3 is 0 Å². The van der Waals surface area contributed by atoms with E-state index in [4.69, 9.17) is 4.74 Å². The molecule has 0 aliphatic rings. The third-order valence-electron chi connectivity index (χ3n) is 4.39. The van der Waals surface area contributed by atoms with Gasteiger partial charge in [-0.15, -0.1) is 0 Å². The maximum absolute atomic E-state index is 12.8. The van der Waals surface area contributed by atoms with E-state index in [2.05, 4.69) is 29.4 Å². The number of nitrogens with one attached hydrogen (secondary N) is 2. The first kappa shape index (κ1) is 18.7. The molecule has 2 N–H and O–H groups in total. The summed E-state index contributed by atoms with van der Waals surface area (Å²) >= 11 is 0. The zero-order valence-corrected chi connectivity index (χ0v) is 15.9. The Morgan fingerprint density at radius 3 is 2.33 bits per heavy atom. The Labute approximate surface area is 159 Å². The van der Waals surface area contributed by atoms with Crippen LogP contribution in [0.25, 0.3) is 0 Å². The van der Waals surface area contributed by atoms with E-state index < -0.39 is 0 Å². The van der Waals surface area contributed by atoms with E-state index in [0.29, 0.717) is 12.3 Å². The number of rotatable bonds is 7. The van der Waals surface area contributed by atoms with Gasteiger partial charge in [0, 0.05) is 5.69 Å². The number of ether oxygens (including phenoxy) is 1. The van der Waals surface area contributed by atoms with E-state index in [1.165, 1.54) is 0 Å². The Kier molecular flexibility index (Phi) is 5.91. The highest BCUT2D eigenvalue weighted by Gasteiger charge is 2.20. The van der Waals surface area contributed by atoms with Crippen LogP contribution in [0.1, 0.15) is 60.0 Å². The average Bonchev–Trinajstić information content (AvgIpc) is 3.18. The number of nitrogens with zero attached hydrogens (tertiary/aromatic N) is 1. The standard InChI is InChI=1S/C22H25N3O2/c1-4-27-18-12-10-17(11-13-18)21(16-8-6-5-7-9-16)23-22(26)20-14-19(15(2)3)24-25-20/h5-15,21H,4H2,1-3H3,(H,23,26)(H,24,25). The highest BCUT2D eigenvalue weighted by molar-refractivity contribution is 5.92. The van der Waals surface area contributed by atoms with Gasteiger partial charge in [-0.3, -0.25) is 9.89 Å². The molecule has 0 fully saturated rings. The van der Waals surface area contributed by atoms with Crippen molar-refractivity contribution in [3.63, 3.8) is 0 Å². The van der Waals surface area contributed by atoms with E-state index in [1.807, 2.05) is 61.5 Å². The third-order valence-corrected chi connectivity index (χ3v) is 4.39. The minimum Gasteiger partial charge on any atom is -0.494 e. The third kappa shape index (κ3) is 4.56. The zero-order valence-electron chi connectivity index (χ0n) is 15.9. The van der Waals surface area contributed by atoms with Gasteiger partial charge in [-0.05, 0) is 42.2 Å². The number of aromatic amines is 1. The summed E-state index contributed by atoms with van der Waals surface area (Å²) in [5.74, 6) is 0.893. The molecule has 27 heavy (non-hydrogen) atoms. The Morgan fingerprint density at radius 2 is 1.74 bits per heavy atom. The molecule has 0 aliphatic carbocycles. The number of amides is 1. The van der Waals surface area contributed by atoms with Gasteiger partial charge in [0.25, 0.3) is 5.91 Å². The van der Waals surface area contributed by atoms with Crippen molar-refractivity contribution in [3.05, 3.63) is 83.2 Å². The molecular formula is C22H25N3O2. The van der Waals surface area contributed by atoms with Crippen molar-refractivity contribution in [2.75, 3.05) is 6.61 Å². The normalized spacial score (nSPS) is 12.0. The van der Waals surface area contributed by atoms with Crippen molar-refractivity contribution in [1.29, 1.82) is 0 Å². The molecule has 5 heteroatoms. The SMILES string of the molecule is CCOc1ccc(C(NC(=O)c2cc(C(C)C)[nH]n2)c2ccccc2)cc1. The first-order valence-electron chi connectivity index (χ1n) is 9.22. The van der Waals surface area contributed by atoms with Crippen molar-refractivity contribution in [2.24, 2.45) is 0 Å². The van der Waals surface area contributed by atoms with E-state index in [0.717, 1.165) is 22.6 Å². The fourth-order valence-electron chi connectivity index (χ4n) is 2.88. The van der Waals surface area contributed by atoms with Gasteiger partial charge in [-0.2, -0.15) is 5.10 Å². The molecule has 140 valence electrons. The molecule has 0 bridgehead atoms. The molecule has 0 spiro atoms. The van der Waals surface area contributed by atoms with Crippen molar-refractivity contribution >= 4 is 5.91 Å². The summed E-state index contributed by atoms with van der Waals surface area (Å²) in [7, 11) is 0. The summed E-state index contributed by atoms with van der Waals surface area (Å²) < 4.78 is 5.52. The Balaban J connectivity index is 1.87. The number of carbonyl (C=O) groups excluding carboxylic acids is 1. The molecule has 3 rings (SSSR count). The molecule has 2 aromatic carbocycles. The van der Waals surface area contributed by atoms with Crippen molar-refractivity contribution in [1.82, 2.24) is 15.5 Å². The first-order chi connectivity index (χ1) is 13.1. The van der Waals surface area contributed by atoms with Gasteiger partial charge in [0.2, 0.25) is 0 Å². The van der Waals surface area contributed by atoms with Gasteiger partial charge in [-0.25, -0.2) is 0 Å². The molecule has 1 amide bonds. The quantitative estimate of drug-likeness (QED) is 0.652. The van der Waals surface area contributed by atoms with Gasteiger partial charge in [0.05, 0.1) is 12.6 Å². The number of H-pyrrole nitrogens is 1. The minimum absolute atomic E-state index is 0.208. The maximum Gasteiger partial charge on any atom is 0.272 e. The second kappa shape index (κ2) is 8.54. The highest BCUT2D eigenvalue weighted by atomic mass is 16.5. The van der Waals surface area contributed by atoms with Crippen LogP contribution in [0.2, 0.25) is 0 Å². The largest absolute Gasteiger partial charge is 0.494 e. The van der Waals surface area contributed by atoms with Crippen LogP contribution in [0.4, 0.5) is 0 Å². The lowest BCUT2D eigenvalue weighted by atomic mass is 9.98. The van der Waals surface area contributed by atoms with E-state index >= 15 is 0 Å². The topological polar surface area (TPSA) is 67.0 Å². The van der Waals surface area contributed by atoms with Crippen molar-refractivity contribution < 1.29 is 9.53 Å². The molecule has 0 radical (unpaired) electrons. The summed E-state index contributed by atoms with van der Waals surface area (Å²) in [6, 6.07) is 19.2. The minimum atomic E-state index is -0.270. The fourth-order valence-corrected chi connectivity index (χ4v) is 2.88. The molecule has 5 nitrogen and oxygen atoms in total. The Morgan fingerprint density at radius 1 is 1.07 bits per heavy atom. The Bertz CT molecular complexity index is 870. The monoisotopic (exact) mass is 363 g/mol. The summed E-state index contributed by atoms with van der Waals surface area (Å²) in [5, 5.41) is 10.2. The molecule has 1 unspecified atom stereocenters. The van der Waals surface area contributed by atoms with Crippen molar-refractivity contribution in [2.45, 2.75) is 32.7 Å². The lowest BCUT2D eigenvalue weighted by Gasteiger charge is -2.19. The van der Waals surface area contributed by atoms with E-state index in [-0.39, 0.29) is 17.9 Å². The van der Waals surface area contributed by atoms with Gasteiger partial charge in [-0.1, -0.05) is 56.3 Å². The molecular weight excluding hydrogens is 338 g/mol. The molecule has 0 saturated heterocycles. The lowest BCUT2D eigenvalue weighted by Crippen LogP contribution is -2.29. The van der Waals surface area contributed by atoms with Crippen LogP contribution < -0.4 is 10.1 Å².